The molecule has 17 heavy (non-hydrogen) atoms. The van der Waals surface area contributed by atoms with Gasteiger partial charge in [0.2, 0.25) is 0 Å². The highest BCUT2D eigenvalue weighted by Crippen LogP contribution is 2.27. The number of urea groups is 1. The van der Waals surface area contributed by atoms with Crippen molar-refractivity contribution in [3.63, 3.8) is 0 Å². The Kier molecular flexibility index (Phi) is 3.42. The predicted molar refractivity (Wildman–Crippen MR) is 66.2 cm³/mol. The molecule has 2 rings (SSSR count). The number of Topliss-reactive ketones (excluding diaryl/α,β-unsaturated/α-hetero) is 1. The SMILES string of the molecule is CC(=O)c1cccc(NC(=O)NCC2CC2)c1. The minimum absolute atomic E-state index is 0.00737. The Morgan fingerprint density at radius 2 is 2.12 bits per heavy atom. The highest BCUT2D eigenvalue weighted by Gasteiger charge is 2.21. The van der Waals surface area contributed by atoms with Gasteiger partial charge in [0, 0.05) is 17.8 Å². The lowest BCUT2D eigenvalue weighted by Crippen LogP contribution is -2.30. The van der Waals surface area contributed by atoms with Crippen molar-refractivity contribution in [1.29, 1.82) is 0 Å². The summed E-state index contributed by atoms with van der Waals surface area (Å²) in [6.45, 7) is 2.24. The van der Waals surface area contributed by atoms with Gasteiger partial charge in [-0.25, -0.2) is 4.79 Å². The van der Waals surface area contributed by atoms with Gasteiger partial charge in [-0.1, -0.05) is 12.1 Å². The molecule has 1 saturated carbocycles. The zero-order chi connectivity index (χ0) is 12.3. The molecule has 2 N–H and O–H groups in total. The topological polar surface area (TPSA) is 58.2 Å². The van der Waals surface area contributed by atoms with E-state index in [2.05, 4.69) is 10.6 Å². The second-order valence-electron chi connectivity index (χ2n) is 4.42. The van der Waals surface area contributed by atoms with Crippen LogP contribution in [0.1, 0.15) is 30.1 Å². The molecule has 0 atom stereocenters. The van der Waals surface area contributed by atoms with E-state index < -0.39 is 0 Å². The van der Waals surface area contributed by atoms with E-state index in [1.807, 2.05) is 0 Å². The zero-order valence-corrected chi connectivity index (χ0v) is 9.82. The normalized spacial score (nSPS) is 14.2. The maximum Gasteiger partial charge on any atom is 0.319 e. The lowest BCUT2D eigenvalue weighted by molar-refractivity contribution is 0.101. The molecule has 0 aliphatic heterocycles. The van der Waals surface area contributed by atoms with Gasteiger partial charge in [-0.2, -0.15) is 0 Å². The minimum Gasteiger partial charge on any atom is -0.338 e. The van der Waals surface area contributed by atoms with Crippen molar-refractivity contribution in [3.8, 4) is 0 Å². The third kappa shape index (κ3) is 3.59. The van der Waals surface area contributed by atoms with Gasteiger partial charge in [0.1, 0.15) is 0 Å². The Morgan fingerprint density at radius 1 is 1.35 bits per heavy atom. The fraction of sp³-hybridized carbons (Fsp3) is 0.385. The summed E-state index contributed by atoms with van der Waals surface area (Å²) in [5, 5.41) is 5.52. The summed E-state index contributed by atoms with van der Waals surface area (Å²) in [5.74, 6) is 0.649. The van der Waals surface area contributed by atoms with E-state index in [1.54, 1.807) is 24.3 Å². The number of carbonyl (C=O) groups is 2. The number of ketones is 1. The molecule has 1 aliphatic rings. The maximum absolute atomic E-state index is 11.5. The molecule has 90 valence electrons. The molecule has 0 aromatic heterocycles. The predicted octanol–water partition coefficient (Wildman–Crippen LogP) is 2.42. The van der Waals surface area contributed by atoms with Crippen molar-refractivity contribution in [2.75, 3.05) is 11.9 Å². The number of carbonyl (C=O) groups excluding carboxylic acids is 2. The van der Waals surface area contributed by atoms with E-state index in [-0.39, 0.29) is 11.8 Å². The summed E-state index contributed by atoms with van der Waals surface area (Å²) < 4.78 is 0. The third-order valence-electron chi connectivity index (χ3n) is 2.78. The molecule has 0 radical (unpaired) electrons. The van der Waals surface area contributed by atoms with Crippen LogP contribution in [0.2, 0.25) is 0 Å². The molecule has 4 nitrogen and oxygen atoms in total. The van der Waals surface area contributed by atoms with Gasteiger partial charge < -0.3 is 10.6 Å². The van der Waals surface area contributed by atoms with Crippen molar-refractivity contribution in [2.24, 2.45) is 5.92 Å². The van der Waals surface area contributed by atoms with E-state index in [1.165, 1.54) is 19.8 Å². The molecule has 0 bridgehead atoms. The van der Waals surface area contributed by atoms with Gasteiger partial charge >= 0.3 is 6.03 Å². The lowest BCUT2D eigenvalue weighted by atomic mass is 10.1. The number of hydrogen-bond acceptors (Lipinski definition) is 2. The van der Waals surface area contributed by atoms with Crippen molar-refractivity contribution >= 4 is 17.5 Å². The highest BCUT2D eigenvalue weighted by atomic mass is 16.2. The van der Waals surface area contributed by atoms with E-state index in [4.69, 9.17) is 0 Å². The largest absolute Gasteiger partial charge is 0.338 e. The van der Waals surface area contributed by atoms with E-state index in [9.17, 15) is 9.59 Å². The summed E-state index contributed by atoms with van der Waals surface area (Å²) >= 11 is 0. The Hall–Kier alpha value is -1.84. The Bertz CT molecular complexity index is 439. The highest BCUT2D eigenvalue weighted by molar-refractivity contribution is 5.96. The number of rotatable bonds is 4. The first kappa shape index (κ1) is 11.6. The van der Waals surface area contributed by atoms with Gasteiger partial charge in [-0.15, -0.1) is 0 Å². The van der Waals surface area contributed by atoms with Crippen LogP contribution in [0, 0.1) is 5.92 Å². The Morgan fingerprint density at radius 3 is 2.76 bits per heavy atom. The molecule has 1 aromatic carbocycles. The smallest absolute Gasteiger partial charge is 0.319 e. The monoisotopic (exact) mass is 232 g/mol. The summed E-state index contributed by atoms with van der Waals surface area (Å²) in [7, 11) is 0. The van der Waals surface area contributed by atoms with Crippen molar-refractivity contribution in [2.45, 2.75) is 19.8 Å². The fourth-order valence-corrected chi connectivity index (χ4v) is 1.55. The Balaban J connectivity index is 1.90. The lowest BCUT2D eigenvalue weighted by Gasteiger charge is -2.07. The van der Waals surface area contributed by atoms with Crippen molar-refractivity contribution in [3.05, 3.63) is 29.8 Å². The molecule has 0 saturated heterocycles. The molecule has 0 spiro atoms. The summed E-state index contributed by atoms with van der Waals surface area (Å²) in [6, 6.07) is 6.72. The molecule has 0 unspecified atom stereocenters. The number of benzene rings is 1. The Labute approximate surface area is 100 Å². The first-order chi connectivity index (χ1) is 8.15. The maximum atomic E-state index is 11.5. The van der Waals surface area contributed by atoms with Crippen molar-refractivity contribution < 1.29 is 9.59 Å². The van der Waals surface area contributed by atoms with E-state index in [0.29, 0.717) is 17.2 Å². The number of nitrogens with one attached hydrogen (secondary N) is 2. The number of amides is 2. The second kappa shape index (κ2) is 4.99. The first-order valence-electron chi connectivity index (χ1n) is 5.81. The second-order valence-corrected chi connectivity index (χ2v) is 4.42. The average molecular weight is 232 g/mol. The standard InChI is InChI=1S/C13H16N2O2/c1-9(16)11-3-2-4-12(7-11)15-13(17)14-8-10-5-6-10/h2-4,7,10H,5-6,8H2,1H3,(H2,14,15,17). The molecule has 4 heteroatoms. The number of anilines is 1. The van der Waals surface area contributed by atoms with Crippen LogP contribution in [-0.4, -0.2) is 18.4 Å². The van der Waals surface area contributed by atoms with Gasteiger partial charge in [-0.3, -0.25) is 4.79 Å². The van der Waals surface area contributed by atoms with Gasteiger partial charge in [0.25, 0.3) is 0 Å². The molecule has 2 amide bonds. The van der Waals surface area contributed by atoms with Crippen LogP contribution >= 0.6 is 0 Å². The number of hydrogen-bond donors (Lipinski definition) is 2. The quantitative estimate of drug-likeness (QED) is 0.783. The summed E-state index contributed by atoms with van der Waals surface area (Å²) in [6.07, 6.45) is 2.42. The molecule has 1 aromatic rings. The zero-order valence-electron chi connectivity index (χ0n) is 9.82. The van der Waals surface area contributed by atoms with Gasteiger partial charge in [0.05, 0.1) is 0 Å². The van der Waals surface area contributed by atoms with Gasteiger partial charge in [-0.05, 0) is 37.8 Å². The van der Waals surface area contributed by atoms with Crippen LogP contribution in [0.15, 0.2) is 24.3 Å². The molecule has 0 heterocycles. The third-order valence-corrected chi connectivity index (χ3v) is 2.78. The van der Waals surface area contributed by atoms with E-state index >= 15 is 0 Å². The van der Waals surface area contributed by atoms with E-state index in [0.717, 1.165) is 6.54 Å². The average Bonchev–Trinajstić information content (AvgIpc) is 3.10. The summed E-state index contributed by atoms with van der Waals surface area (Å²) in [5.41, 5.74) is 1.25. The van der Waals surface area contributed by atoms with Gasteiger partial charge in [0.15, 0.2) is 5.78 Å². The molecular weight excluding hydrogens is 216 g/mol. The fourth-order valence-electron chi connectivity index (χ4n) is 1.55. The van der Waals surface area contributed by atoms with Crippen LogP contribution in [0.25, 0.3) is 0 Å². The van der Waals surface area contributed by atoms with Crippen LogP contribution in [0.3, 0.4) is 0 Å². The van der Waals surface area contributed by atoms with Crippen LogP contribution < -0.4 is 10.6 Å². The molecular formula is C13H16N2O2. The van der Waals surface area contributed by atoms with Crippen molar-refractivity contribution in [1.82, 2.24) is 5.32 Å². The van der Waals surface area contributed by atoms with Crippen LogP contribution in [0.4, 0.5) is 10.5 Å². The first-order valence-corrected chi connectivity index (χ1v) is 5.81. The van der Waals surface area contributed by atoms with Crippen LogP contribution in [0.5, 0.6) is 0 Å². The molecule has 1 aliphatic carbocycles. The molecule has 1 fully saturated rings. The summed E-state index contributed by atoms with van der Waals surface area (Å²) in [4.78, 5) is 22.7. The minimum atomic E-state index is -0.211. The van der Waals surface area contributed by atoms with Crippen LogP contribution in [-0.2, 0) is 0 Å².